The van der Waals surface area contributed by atoms with Crippen LogP contribution in [0.25, 0.3) is 0 Å². The average Bonchev–Trinajstić information content (AvgIpc) is 2.81. The molecule has 2 fully saturated rings. The quantitative estimate of drug-likeness (QED) is 0.497. The molecule has 0 unspecified atom stereocenters. The summed E-state index contributed by atoms with van der Waals surface area (Å²) >= 11 is 0. The second kappa shape index (κ2) is 10.8. The number of likely N-dealkylation sites (tertiary alicyclic amines) is 1. The molecule has 12 heteroatoms. The Morgan fingerprint density at radius 1 is 1.11 bits per heavy atom. The largest absolute Gasteiger partial charge is 0.380 e. The molecule has 2 aliphatic heterocycles. The van der Waals surface area contributed by atoms with Crippen LogP contribution in [-0.4, -0.2) is 71.0 Å². The first kappa shape index (κ1) is 28.3. The molecule has 0 radical (unpaired) electrons. The summed E-state index contributed by atoms with van der Waals surface area (Å²) in [5, 5.41) is 5.06. The third-order valence-corrected chi connectivity index (χ3v) is 9.61. The van der Waals surface area contributed by atoms with Crippen LogP contribution in [0, 0.1) is 11.8 Å². The number of carbonyl (C=O) groups excluding carboxylic acids is 1. The van der Waals surface area contributed by atoms with Crippen molar-refractivity contribution in [1.82, 2.24) is 14.5 Å². The van der Waals surface area contributed by atoms with Crippen LogP contribution >= 0.6 is 0 Å². The fraction of sp³-hybridized carbons (Fsp3) is 0.720. The zero-order valence-electron chi connectivity index (χ0n) is 22.0. The number of amides is 1. The van der Waals surface area contributed by atoms with Gasteiger partial charge in [0.25, 0.3) is 0 Å². The van der Waals surface area contributed by atoms with Gasteiger partial charge in [-0.2, -0.15) is 13.6 Å². The van der Waals surface area contributed by atoms with Crippen LogP contribution in [0.3, 0.4) is 0 Å². The van der Waals surface area contributed by atoms with Gasteiger partial charge in [-0.05, 0) is 86.7 Å². The summed E-state index contributed by atoms with van der Waals surface area (Å²) in [4.78, 5) is 18.1. The van der Waals surface area contributed by atoms with Gasteiger partial charge in [-0.25, -0.2) is 13.1 Å². The average molecular weight is 557 g/mol. The first-order valence-electron chi connectivity index (χ1n) is 13.1. The second-order valence-corrected chi connectivity index (χ2v) is 14.2. The number of nitrogens with one attached hydrogen (secondary N) is 1. The molecule has 0 atom stereocenters. The summed E-state index contributed by atoms with van der Waals surface area (Å²) in [5.74, 6) is 1.60. The molecule has 1 aromatic carbocycles. The van der Waals surface area contributed by atoms with E-state index < -0.39 is 25.7 Å². The molecule has 1 saturated carbocycles. The smallest absolute Gasteiger partial charge is 0.371 e. The summed E-state index contributed by atoms with van der Waals surface area (Å²) in [6.45, 7) is 6.80. The van der Waals surface area contributed by atoms with Crippen molar-refractivity contribution in [3.05, 3.63) is 29.3 Å². The number of sulfonamides is 1. The lowest BCUT2D eigenvalue weighted by Crippen LogP contribution is -2.58. The van der Waals surface area contributed by atoms with E-state index in [-0.39, 0.29) is 31.3 Å². The highest BCUT2D eigenvalue weighted by Gasteiger charge is 2.49. The van der Waals surface area contributed by atoms with E-state index in [2.05, 4.69) is 23.5 Å². The molecule has 3 aliphatic rings. The second-order valence-electron chi connectivity index (χ2n) is 11.2. The lowest BCUT2D eigenvalue weighted by atomic mass is 9.67. The maximum atomic E-state index is 13.9. The predicted molar refractivity (Wildman–Crippen MR) is 142 cm³/mol. The van der Waals surface area contributed by atoms with Gasteiger partial charge in [-0.1, -0.05) is 19.9 Å². The van der Waals surface area contributed by atoms with E-state index in [0.29, 0.717) is 24.8 Å². The van der Waals surface area contributed by atoms with Crippen LogP contribution in [0.1, 0.15) is 63.5 Å². The van der Waals surface area contributed by atoms with Crippen molar-refractivity contribution in [3.63, 3.8) is 0 Å². The van der Waals surface area contributed by atoms with Gasteiger partial charge < -0.3 is 14.0 Å². The number of rotatable bonds is 8. The molecule has 1 spiro atoms. The summed E-state index contributed by atoms with van der Waals surface area (Å²) in [6.07, 6.45) is 7.29. The molecule has 1 amide bonds. The van der Waals surface area contributed by atoms with Gasteiger partial charge in [0.05, 0.1) is 11.7 Å². The van der Waals surface area contributed by atoms with Crippen molar-refractivity contribution in [2.45, 2.75) is 70.4 Å². The number of nitrogens with two attached hydrogens (primary N) is 1. The zero-order chi connectivity index (χ0) is 27.0. The molecule has 2 heterocycles. The molecule has 10 nitrogen and oxygen atoms in total. The summed E-state index contributed by atoms with van der Waals surface area (Å²) in [5.41, 5.74) is 0.963. The van der Waals surface area contributed by atoms with E-state index in [9.17, 15) is 21.6 Å². The van der Waals surface area contributed by atoms with Crippen molar-refractivity contribution in [2.24, 2.45) is 17.0 Å². The highest BCUT2D eigenvalue weighted by Crippen LogP contribution is 2.45. The first-order chi connectivity index (χ1) is 17.3. The van der Waals surface area contributed by atoms with E-state index in [1.165, 1.54) is 25.7 Å². The number of benzene rings is 1. The Kier molecular flexibility index (Phi) is 8.25. The summed E-state index contributed by atoms with van der Waals surface area (Å²) in [7, 11) is -7.57. The highest BCUT2D eigenvalue weighted by molar-refractivity contribution is 7.88. The number of hydrogen-bond donors (Lipinski definition) is 2. The third-order valence-electron chi connectivity index (χ3n) is 8.46. The molecule has 1 aliphatic carbocycles. The van der Waals surface area contributed by atoms with Gasteiger partial charge in [-0.15, -0.1) is 0 Å². The highest BCUT2D eigenvalue weighted by atomic mass is 32.2. The van der Waals surface area contributed by atoms with Gasteiger partial charge in [0, 0.05) is 25.7 Å². The van der Waals surface area contributed by atoms with Gasteiger partial charge in [0.1, 0.15) is 5.75 Å². The minimum Gasteiger partial charge on any atom is -0.371 e. The fourth-order valence-corrected chi connectivity index (χ4v) is 7.32. The topological polar surface area (TPSA) is 139 Å². The Hall–Kier alpha value is -1.73. The zero-order valence-corrected chi connectivity index (χ0v) is 23.6. The fourth-order valence-electron chi connectivity index (χ4n) is 6.48. The van der Waals surface area contributed by atoms with Crippen LogP contribution in [0.2, 0.25) is 0 Å². The van der Waals surface area contributed by atoms with Crippen LogP contribution in [-0.2, 0) is 37.1 Å². The van der Waals surface area contributed by atoms with Gasteiger partial charge >= 0.3 is 10.3 Å². The van der Waals surface area contributed by atoms with E-state index in [0.717, 1.165) is 36.4 Å². The molecule has 4 rings (SSSR count). The normalized spacial score (nSPS) is 24.9. The van der Waals surface area contributed by atoms with Crippen molar-refractivity contribution >= 4 is 26.2 Å². The number of hydrogen-bond acceptors (Lipinski definition) is 7. The van der Waals surface area contributed by atoms with Crippen LogP contribution in [0.15, 0.2) is 18.2 Å². The van der Waals surface area contributed by atoms with Crippen molar-refractivity contribution < 1.29 is 25.8 Å². The molecule has 3 N–H and O–H groups in total. The SMILES string of the molecule is CC(C)[C@H]1CC[C@@H](N2CCC3(CC2)C(=O)N(CCNS(C)(=O)=O)Cc2cc(OS(N)(=O)=O)ccc23)CC1. The molecule has 208 valence electrons. The Morgan fingerprint density at radius 2 is 1.76 bits per heavy atom. The monoisotopic (exact) mass is 556 g/mol. The van der Waals surface area contributed by atoms with Crippen molar-refractivity contribution in [3.8, 4) is 5.75 Å². The Bertz CT molecular complexity index is 1200. The maximum absolute atomic E-state index is 13.9. The Balaban J connectivity index is 1.55. The van der Waals surface area contributed by atoms with Gasteiger partial charge in [0.15, 0.2) is 0 Å². The molecule has 1 aromatic rings. The number of piperidine rings is 1. The van der Waals surface area contributed by atoms with E-state index in [1.54, 1.807) is 23.1 Å². The first-order valence-corrected chi connectivity index (χ1v) is 16.5. The molecular formula is C25H40N4O6S2. The van der Waals surface area contributed by atoms with E-state index in [4.69, 9.17) is 9.32 Å². The number of nitrogens with zero attached hydrogens (tertiary/aromatic N) is 2. The summed E-state index contributed by atoms with van der Waals surface area (Å²) in [6, 6.07) is 5.53. The standard InChI is InChI=1S/C25H40N4O6S2/c1-18(2)19-4-6-21(7-5-19)28-13-10-25(11-14-28)23-9-8-22(35-37(26,33)34)16-20(23)17-29(24(25)30)15-12-27-36(3,31)32/h8-9,16,18-19,21,27H,4-7,10-15,17H2,1-3H3,(H2,26,33,34)/t19-,21+. The molecule has 37 heavy (non-hydrogen) atoms. The van der Waals surface area contributed by atoms with Crippen molar-refractivity contribution in [2.75, 3.05) is 32.4 Å². The molecular weight excluding hydrogens is 516 g/mol. The van der Waals surface area contributed by atoms with Crippen molar-refractivity contribution in [1.29, 1.82) is 0 Å². The number of carbonyl (C=O) groups is 1. The Morgan fingerprint density at radius 3 is 2.32 bits per heavy atom. The van der Waals surface area contributed by atoms with E-state index >= 15 is 0 Å². The lowest BCUT2D eigenvalue weighted by Gasteiger charge is -2.49. The van der Waals surface area contributed by atoms with Crippen LogP contribution in [0.5, 0.6) is 5.75 Å². The molecule has 1 saturated heterocycles. The van der Waals surface area contributed by atoms with Crippen LogP contribution in [0.4, 0.5) is 0 Å². The van der Waals surface area contributed by atoms with Gasteiger partial charge in [-0.3, -0.25) is 4.79 Å². The number of fused-ring (bicyclic) bond motifs is 2. The van der Waals surface area contributed by atoms with Gasteiger partial charge in [0.2, 0.25) is 15.9 Å². The minimum atomic E-state index is -4.19. The third kappa shape index (κ3) is 6.65. The molecule has 0 bridgehead atoms. The maximum Gasteiger partial charge on any atom is 0.380 e. The lowest BCUT2D eigenvalue weighted by molar-refractivity contribution is -0.142. The summed E-state index contributed by atoms with van der Waals surface area (Å²) < 4.78 is 53.4. The molecule has 0 aromatic heterocycles. The minimum absolute atomic E-state index is 0.00131. The Labute approximate surface area is 221 Å². The predicted octanol–water partition coefficient (Wildman–Crippen LogP) is 1.71. The van der Waals surface area contributed by atoms with Crippen LogP contribution < -0.4 is 14.0 Å². The van der Waals surface area contributed by atoms with E-state index in [1.807, 2.05) is 0 Å².